The fraction of sp³-hybridized carbons (Fsp3) is 0.385. The maximum atomic E-state index is 6.14. The second-order valence-electron chi connectivity index (χ2n) is 6.96. The number of rotatable bonds is 9. The summed E-state index contributed by atoms with van der Waals surface area (Å²) in [6.45, 7) is 7.07. The molecule has 0 aromatic heterocycles. The molecule has 0 saturated heterocycles. The molecule has 28 heavy (non-hydrogen) atoms. The molecule has 0 atom stereocenters. The Morgan fingerprint density at radius 3 is 2.14 bits per heavy atom. The van der Waals surface area contributed by atoms with Crippen LogP contribution in [0.2, 0.25) is 0 Å². The lowest BCUT2D eigenvalue weighted by atomic mass is 10.0. The summed E-state index contributed by atoms with van der Waals surface area (Å²) in [6.07, 6.45) is 15.2. The second kappa shape index (κ2) is 11.6. The molecule has 0 N–H and O–H groups in total. The third-order valence-electron chi connectivity index (χ3n) is 4.45. The van der Waals surface area contributed by atoms with E-state index in [4.69, 9.17) is 15.9 Å². The van der Waals surface area contributed by atoms with Gasteiger partial charge in [-0.15, -0.1) is 6.42 Å². The molecule has 2 heteroatoms. The first kappa shape index (κ1) is 21.3. The molecule has 0 aliphatic carbocycles. The summed E-state index contributed by atoms with van der Waals surface area (Å²) in [7, 11) is 0. The first-order valence-corrected chi connectivity index (χ1v) is 9.96. The van der Waals surface area contributed by atoms with Crippen LogP contribution in [0, 0.1) is 50.1 Å². The minimum atomic E-state index is 0.707. The van der Waals surface area contributed by atoms with Crippen molar-refractivity contribution in [1.29, 1.82) is 0 Å². The lowest BCUT2D eigenvalue weighted by Gasteiger charge is -2.13. The van der Waals surface area contributed by atoms with Crippen molar-refractivity contribution >= 4 is 10.8 Å². The summed E-state index contributed by atoms with van der Waals surface area (Å²) in [6, 6.07) is 8.29. The number of hydrogen-bond acceptors (Lipinski definition) is 2. The molecule has 144 valence electrons. The highest BCUT2D eigenvalue weighted by molar-refractivity contribution is 5.94. The van der Waals surface area contributed by atoms with Crippen LogP contribution >= 0.6 is 0 Å². The van der Waals surface area contributed by atoms with E-state index in [1.165, 1.54) is 32.1 Å². The van der Waals surface area contributed by atoms with Crippen LogP contribution in [0.4, 0.5) is 0 Å². The predicted molar refractivity (Wildman–Crippen MR) is 117 cm³/mol. The summed E-state index contributed by atoms with van der Waals surface area (Å²) in [5, 5.41) is 2.03. The van der Waals surface area contributed by atoms with Crippen LogP contribution in [0.3, 0.4) is 0 Å². The number of terminal acetylenes is 1. The van der Waals surface area contributed by atoms with Crippen LogP contribution in [0.5, 0.6) is 11.5 Å². The standard InChI is InChI=1S/C26H28O2/c1-5-7-9-11-12-14-16-28-26-20-22(4)17-23-24(26)18-21(3)19-25(23)27-15-13-10-8-6-2/h2,17-20H,5,7,9,11-12,14,16H2,1,3-4H3. The van der Waals surface area contributed by atoms with Gasteiger partial charge in [-0.05, 0) is 67.5 Å². The molecule has 2 rings (SSSR count). The smallest absolute Gasteiger partial charge is 0.148 e. The molecule has 0 heterocycles. The number of aryl methyl sites for hydroxylation is 2. The topological polar surface area (TPSA) is 18.5 Å². The van der Waals surface area contributed by atoms with Gasteiger partial charge in [0.2, 0.25) is 0 Å². The zero-order chi connectivity index (χ0) is 20.2. The average molecular weight is 373 g/mol. The Kier molecular flexibility index (Phi) is 8.85. The van der Waals surface area contributed by atoms with Crippen LogP contribution < -0.4 is 9.47 Å². The molecule has 0 radical (unpaired) electrons. The van der Waals surface area contributed by atoms with Crippen molar-refractivity contribution in [2.24, 2.45) is 0 Å². The Hall–Kier alpha value is -3.02. The van der Waals surface area contributed by atoms with Gasteiger partial charge in [-0.25, -0.2) is 0 Å². The molecule has 0 fully saturated rings. The average Bonchev–Trinajstić information content (AvgIpc) is 2.67. The van der Waals surface area contributed by atoms with E-state index in [0.29, 0.717) is 5.75 Å². The highest BCUT2D eigenvalue weighted by atomic mass is 16.5. The summed E-state index contributed by atoms with van der Waals surface area (Å²) in [4.78, 5) is 0. The molecule has 0 saturated carbocycles. The Bertz CT molecular complexity index is 956. The van der Waals surface area contributed by atoms with Crippen LogP contribution in [0.25, 0.3) is 10.8 Å². The van der Waals surface area contributed by atoms with Gasteiger partial charge in [0.25, 0.3) is 0 Å². The molecule has 0 amide bonds. The summed E-state index contributed by atoms with van der Waals surface area (Å²) >= 11 is 0. The lowest BCUT2D eigenvalue weighted by molar-refractivity contribution is 0.307. The van der Waals surface area contributed by atoms with Crippen molar-refractivity contribution in [3.63, 3.8) is 0 Å². The number of unbranched alkanes of at least 4 members (excludes halogenated alkanes) is 5. The first-order chi connectivity index (χ1) is 13.7. The Morgan fingerprint density at radius 1 is 0.786 bits per heavy atom. The SMILES string of the molecule is C#CC#CC#COc1cc(C)cc2c(OCCCCCCCC)cc(C)cc12. The Balaban J connectivity index is 2.16. The van der Waals surface area contributed by atoms with Crippen LogP contribution in [-0.2, 0) is 0 Å². The molecule has 2 nitrogen and oxygen atoms in total. The van der Waals surface area contributed by atoms with Gasteiger partial charge >= 0.3 is 0 Å². The van der Waals surface area contributed by atoms with Crippen LogP contribution in [0.15, 0.2) is 24.3 Å². The summed E-state index contributed by atoms with van der Waals surface area (Å²) in [5.74, 6) is 11.4. The summed E-state index contributed by atoms with van der Waals surface area (Å²) in [5.41, 5.74) is 2.21. The van der Waals surface area contributed by atoms with Gasteiger partial charge in [-0.2, -0.15) is 0 Å². The first-order valence-electron chi connectivity index (χ1n) is 9.96. The van der Waals surface area contributed by atoms with Gasteiger partial charge in [0.15, 0.2) is 0 Å². The van der Waals surface area contributed by atoms with E-state index >= 15 is 0 Å². The lowest BCUT2D eigenvalue weighted by Crippen LogP contribution is -1.99. The molecular formula is C26H28O2. The third-order valence-corrected chi connectivity index (χ3v) is 4.45. The van der Waals surface area contributed by atoms with Gasteiger partial charge < -0.3 is 9.47 Å². The number of hydrogen-bond donors (Lipinski definition) is 0. The zero-order valence-corrected chi connectivity index (χ0v) is 17.2. The van der Waals surface area contributed by atoms with E-state index in [0.717, 1.165) is 40.7 Å². The van der Waals surface area contributed by atoms with E-state index < -0.39 is 0 Å². The number of fused-ring (bicyclic) bond motifs is 1. The number of benzene rings is 2. The second-order valence-corrected chi connectivity index (χ2v) is 6.96. The minimum Gasteiger partial charge on any atom is -0.493 e. The molecule has 0 unspecified atom stereocenters. The van der Waals surface area contributed by atoms with Crippen molar-refractivity contribution < 1.29 is 9.47 Å². The highest BCUT2D eigenvalue weighted by Crippen LogP contribution is 2.35. The van der Waals surface area contributed by atoms with E-state index in [1.54, 1.807) is 0 Å². The Labute approximate surface area is 169 Å². The minimum absolute atomic E-state index is 0.707. The maximum absolute atomic E-state index is 6.14. The van der Waals surface area contributed by atoms with E-state index in [-0.39, 0.29) is 0 Å². The highest BCUT2D eigenvalue weighted by Gasteiger charge is 2.10. The molecule has 0 aliphatic heterocycles. The van der Waals surface area contributed by atoms with Crippen molar-refractivity contribution in [2.45, 2.75) is 59.3 Å². The Morgan fingerprint density at radius 2 is 1.43 bits per heavy atom. The largest absolute Gasteiger partial charge is 0.493 e. The fourth-order valence-electron chi connectivity index (χ4n) is 3.11. The van der Waals surface area contributed by atoms with Gasteiger partial charge in [0.1, 0.15) is 17.6 Å². The predicted octanol–water partition coefficient (Wildman–Crippen LogP) is 6.17. The molecule has 2 aromatic carbocycles. The fourth-order valence-corrected chi connectivity index (χ4v) is 3.11. The quantitative estimate of drug-likeness (QED) is 0.387. The van der Waals surface area contributed by atoms with E-state index in [2.05, 4.69) is 61.8 Å². The normalized spacial score (nSPS) is 9.64. The monoisotopic (exact) mass is 372 g/mol. The number of ether oxygens (including phenoxy) is 2. The van der Waals surface area contributed by atoms with Crippen molar-refractivity contribution in [1.82, 2.24) is 0 Å². The maximum Gasteiger partial charge on any atom is 0.148 e. The van der Waals surface area contributed by atoms with Gasteiger partial charge in [0.05, 0.1) is 6.61 Å². The molecule has 0 aliphatic rings. The zero-order valence-electron chi connectivity index (χ0n) is 17.2. The molecule has 0 spiro atoms. The molecule has 0 bridgehead atoms. The summed E-state index contributed by atoms with van der Waals surface area (Å²) < 4.78 is 11.8. The van der Waals surface area contributed by atoms with Crippen molar-refractivity contribution in [3.8, 4) is 47.7 Å². The van der Waals surface area contributed by atoms with Crippen molar-refractivity contribution in [3.05, 3.63) is 35.4 Å². The van der Waals surface area contributed by atoms with Crippen LogP contribution in [-0.4, -0.2) is 6.61 Å². The molecule has 2 aromatic rings. The van der Waals surface area contributed by atoms with E-state index in [9.17, 15) is 0 Å². The third kappa shape index (κ3) is 6.61. The van der Waals surface area contributed by atoms with Gasteiger partial charge in [-0.3, -0.25) is 0 Å². The molecular weight excluding hydrogens is 344 g/mol. The van der Waals surface area contributed by atoms with E-state index in [1.807, 2.05) is 13.0 Å². The van der Waals surface area contributed by atoms with Gasteiger partial charge in [0, 0.05) is 22.6 Å². The van der Waals surface area contributed by atoms with Gasteiger partial charge in [-0.1, -0.05) is 39.0 Å². The van der Waals surface area contributed by atoms with Crippen LogP contribution in [0.1, 0.15) is 56.6 Å². The van der Waals surface area contributed by atoms with Crippen molar-refractivity contribution in [2.75, 3.05) is 6.61 Å².